The van der Waals surface area contributed by atoms with E-state index in [1.165, 1.54) is 0 Å². The molecule has 0 radical (unpaired) electrons. The smallest absolute Gasteiger partial charge is 0.327 e. The number of benzene rings is 1. The first kappa shape index (κ1) is 14.7. The molecule has 2 nitrogen and oxygen atoms in total. The third-order valence-electron chi connectivity index (χ3n) is 2.75. The van der Waals surface area contributed by atoms with Crippen molar-refractivity contribution < 1.29 is 13.2 Å². The summed E-state index contributed by atoms with van der Waals surface area (Å²) in [5.74, 6) is 0.773. The van der Waals surface area contributed by atoms with Crippen molar-refractivity contribution in [2.24, 2.45) is 0 Å². The molecular weight excluding hydrogens is 344 g/mol. The minimum Gasteiger partial charge on any atom is -0.327 e. The van der Waals surface area contributed by atoms with Crippen molar-refractivity contribution in [1.82, 2.24) is 9.55 Å². The molecule has 1 heterocycles. The first-order valence-corrected chi connectivity index (χ1v) is 7.01. The van der Waals surface area contributed by atoms with Gasteiger partial charge in [0, 0.05) is 17.4 Å². The topological polar surface area (TPSA) is 17.8 Å². The quantitative estimate of drug-likeness (QED) is 0.715. The average Bonchev–Trinajstić information content (AvgIpc) is 2.65. The predicted octanol–water partition coefficient (Wildman–Crippen LogP) is 4.88. The highest BCUT2D eigenvalue weighted by molar-refractivity contribution is 9.10. The van der Waals surface area contributed by atoms with Crippen LogP contribution in [0.3, 0.4) is 0 Å². The lowest BCUT2D eigenvalue weighted by atomic mass is 10.3. The molecule has 0 atom stereocenters. The third kappa shape index (κ3) is 3.63. The Morgan fingerprint density at radius 3 is 2.68 bits per heavy atom. The Bertz CT molecular complexity index is 580. The molecule has 0 saturated carbocycles. The molecule has 0 aliphatic rings. The Morgan fingerprint density at radius 2 is 2.05 bits per heavy atom. The fourth-order valence-electron chi connectivity index (χ4n) is 1.94. The van der Waals surface area contributed by atoms with Gasteiger partial charge >= 0.3 is 6.18 Å². The number of hydrogen-bond donors (Lipinski definition) is 0. The van der Waals surface area contributed by atoms with Crippen LogP contribution < -0.4 is 0 Å². The Hall–Kier alpha value is -0.750. The van der Waals surface area contributed by atoms with Crippen LogP contribution in [0.25, 0.3) is 11.0 Å². The summed E-state index contributed by atoms with van der Waals surface area (Å²) >= 11 is 9.13. The molecule has 19 heavy (non-hydrogen) atoms. The van der Waals surface area contributed by atoms with Crippen LogP contribution in [0.2, 0.25) is 0 Å². The zero-order valence-corrected chi connectivity index (χ0v) is 12.2. The number of aryl methyl sites for hydroxylation is 1. The Morgan fingerprint density at radius 1 is 1.32 bits per heavy atom. The largest absolute Gasteiger partial charge is 0.389 e. The predicted molar refractivity (Wildman–Crippen MR) is 72.3 cm³/mol. The van der Waals surface area contributed by atoms with Crippen LogP contribution in [0.4, 0.5) is 13.2 Å². The number of rotatable bonds is 4. The minimum absolute atomic E-state index is 0.0227. The van der Waals surface area contributed by atoms with Gasteiger partial charge in [-0.1, -0.05) is 15.9 Å². The molecule has 7 heteroatoms. The second kappa shape index (κ2) is 5.71. The molecule has 0 aliphatic carbocycles. The van der Waals surface area contributed by atoms with E-state index in [1.54, 1.807) is 4.57 Å². The monoisotopic (exact) mass is 354 g/mol. The van der Waals surface area contributed by atoms with Gasteiger partial charge in [-0.2, -0.15) is 13.2 Å². The van der Waals surface area contributed by atoms with E-state index in [-0.39, 0.29) is 18.8 Å². The molecule has 0 bridgehead atoms. The van der Waals surface area contributed by atoms with Crippen molar-refractivity contribution >= 4 is 38.6 Å². The van der Waals surface area contributed by atoms with Gasteiger partial charge in [0.25, 0.3) is 0 Å². The van der Waals surface area contributed by atoms with Gasteiger partial charge in [0.2, 0.25) is 0 Å². The zero-order chi connectivity index (χ0) is 14.0. The summed E-state index contributed by atoms with van der Waals surface area (Å²) in [6.07, 6.45) is -4.90. The van der Waals surface area contributed by atoms with Gasteiger partial charge in [-0.15, -0.1) is 11.6 Å². The molecule has 104 valence electrons. The van der Waals surface area contributed by atoms with Crippen LogP contribution in [0.5, 0.6) is 0 Å². The summed E-state index contributed by atoms with van der Waals surface area (Å²) in [6, 6.07) is 5.49. The summed E-state index contributed by atoms with van der Waals surface area (Å²) in [6.45, 7) is 0.264. The van der Waals surface area contributed by atoms with Gasteiger partial charge in [-0.3, -0.25) is 0 Å². The lowest BCUT2D eigenvalue weighted by Crippen LogP contribution is -2.10. The van der Waals surface area contributed by atoms with Gasteiger partial charge in [0.05, 0.1) is 16.9 Å². The lowest BCUT2D eigenvalue weighted by Gasteiger charge is -2.09. The first-order chi connectivity index (χ1) is 8.90. The van der Waals surface area contributed by atoms with Gasteiger partial charge < -0.3 is 4.57 Å². The number of alkyl halides is 4. The van der Waals surface area contributed by atoms with E-state index < -0.39 is 12.6 Å². The Kier molecular flexibility index (Phi) is 4.40. The molecule has 1 aromatic heterocycles. The molecule has 2 aromatic rings. The normalized spacial score (nSPS) is 12.3. The van der Waals surface area contributed by atoms with Crippen molar-refractivity contribution in [2.45, 2.75) is 31.4 Å². The minimum atomic E-state index is -4.12. The van der Waals surface area contributed by atoms with E-state index in [0.717, 1.165) is 15.5 Å². The van der Waals surface area contributed by atoms with E-state index in [9.17, 15) is 13.2 Å². The van der Waals surface area contributed by atoms with Crippen molar-refractivity contribution in [3.05, 3.63) is 28.5 Å². The molecule has 0 unspecified atom stereocenters. The van der Waals surface area contributed by atoms with Crippen molar-refractivity contribution in [1.29, 1.82) is 0 Å². The molecule has 0 saturated heterocycles. The van der Waals surface area contributed by atoms with E-state index in [2.05, 4.69) is 20.9 Å². The van der Waals surface area contributed by atoms with Crippen LogP contribution in [0, 0.1) is 0 Å². The number of halogens is 5. The lowest BCUT2D eigenvalue weighted by molar-refractivity contribution is -0.135. The fourth-order valence-corrected chi connectivity index (χ4v) is 2.50. The summed E-state index contributed by atoms with van der Waals surface area (Å²) in [4.78, 5) is 4.33. The Balaban J connectivity index is 2.25. The molecule has 0 amide bonds. The highest BCUT2D eigenvalue weighted by atomic mass is 79.9. The second-order valence-corrected chi connectivity index (χ2v) is 5.35. The van der Waals surface area contributed by atoms with Crippen molar-refractivity contribution in [2.75, 3.05) is 0 Å². The van der Waals surface area contributed by atoms with Gasteiger partial charge in [-0.25, -0.2) is 4.98 Å². The number of aromatic nitrogens is 2. The van der Waals surface area contributed by atoms with Crippen LogP contribution in [0.15, 0.2) is 22.7 Å². The van der Waals surface area contributed by atoms with E-state index >= 15 is 0 Å². The average molecular weight is 356 g/mol. The molecule has 0 fully saturated rings. The molecule has 1 aromatic carbocycles. The van der Waals surface area contributed by atoms with Crippen LogP contribution in [-0.2, 0) is 12.4 Å². The third-order valence-corrected chi connectivity index (χ3v) is 3.48. The maximum atomic E-state index is 12.2. The molecule has 0 spiro atoms. The van der Waals surface area contributed by atoms with Crippen LogP contribution in [0.1, 0.15) is 18.7 Å². The highest BCUT2D eigenvalue weighted by Gasteiger charge is 2.26. The number of hydrogen-bond acceptors (Lipinski definition) is 1. The molecule has 0 aliphatic heterocycles. The second-order valence-electron chi connectivity index (χ2n) is 4.17. The maximum Gasteiger partial charge on any atom is 0.389 e. The summed E-state index contributed by atoms with van der Waals surface area (Å²) in [5.41, 5.74) is 1.54. The van der Waals surface area contributed by atoms with Gasteiger partial charge in [0.15, 0.2) is 0 Å². The highest BCUT2D eigenvalue weighted by Crippen LogP contribution is 2.25. The Labute approximate surface area is 121 Å². The summed E-state index contributed by atoms with van der Waals surface area (Å²) < 4.78 is 39.2. The zero-order valence-electron chi connectivity index (χ0n) is 9.84. The van der Waals surface area contributed by atoms with E-state index in [0.29, 0.717) is 5.82 Å². The molecule has 2 rings (SSSR count). The maximum absolute atomic E-state index is 12.2. The summed E-state index contributed by atoms with van der Waals surface area (Å²) in [5, 5.41) is 0. The van der Waals surface area contributed by atoms with Gasteiger partial charge in [-0.05, 0) is 24.6 Å². The molecule has 0 N–H and O–H groups in total. The van der Waals surface area contributed by atoms with E-state index in [4.69, 9.17) is 11.6 Å². The van der Waals surface area contributed by atoms with Crippen molar-refractivity contribution in [3.63, 3.8) is 0 Å². The molecular formula is C12H11BrClF3N2. The SMILES string of the molecule is FC(F)(F)CCCn1c(CCl)nc2cc(Br)ccc21. The standard InChI is InChI=1S/C12H11BrClF3N2/c13-8-2-3-10-9(6-8)18-11(7-14)19(10)5-1-4-12(15,16)17/h2-3,6H,1,4-5,7H2. The van der Waals surface area contributed by atoms with E-state index in [1.807, 2.05) is 18.2 Å². The summed E-state index contributed by atoms with van der Waals surface area (Å²) in [7, 11) is 0. The van der Waals surface area contributed by atoms with Crippen LogP contribution in [-0.4, -0.2) is 15.7 Å². The van der Waals surface area contributed by atoms with Crippen molar-refractivity contribution in [3.8, 4) is 0 Å². The fraction of sp³-hybridized carbons (Fsp3) is 0.417. The number of imidazole rings is 1. The number of nitrogens with zero attached hydrogens (tertiary/aromatic N) is 2. The van der Waals surface area contributed by atoms with Gasteiger partial charge in [0.1, 0.15) is 5.82 Å². The number of fused-ring (bicyclic) bond motifs is 1. The van der Waals surface area contributed by atoms with Crippen LogP contribution >= 0.6 is 27.5 Å². The first-order valence-electron chi connectivity index (χ1n) is 5.68.